The van der Waals surface area contributed by atoms with Crippen molar-refractivity contribution in [2.75, 3.05) is 38.7 Å². The maximum atomic E-state index is 12.5. The second-order valence-electron chi connectivity index (χ2n) is 5.21. The van der Waals surface area contributed by atoms with Crippen molar-refractivity contribution in [2.45, 2.75) is 6.04 Å². The van der Waals surface area contributed by atoms with E-state index in [2.05, 4.69) is 5.32 Å². The van der Waals surface area contributed by atoms with Crippen LogP contribution in [-0.4, -0.2) is 62.6 Å². The first-order valence-electron chi connectivity index (χ1n) is 7.24. The van der Waals surface area contributed by atoms with Crippen LogP contribution in [0, 0.1) is 5.41 Å². The van der Waals surface area contributed by atoms with Crippen LogP contribution in [0.1, 0.15) is 5.56 Å². The Morgan fingerprint density at radius 3 is 2.57 bits per heavy atom. The smallest absolute Gasteiger partial charge is 0.324 e. The van der Waals surface area contributed by atoms with E-state index in [1.807, 2.05) is 0 Å². The molecule has 0 saturated carbocycles. The van der Waals surface area contributed by atoms with Crippen LogP contribution in [0.15, 0.2) is 24.3 Å². The molecular formula is C15H21N5O3. The lowest BCUT2D eigenvalue weighted by atomic mass is 10.2. The van der Waals surface area contributed by atoms with Gasteiger partial charge in [-0.2, -0.15) is 0 Å². The van der Waals surface area contributed by atoms with Gasteiger partial charge in [0.25, 0.3) is 0 Å². The third-order valence-corrected chi connectivity index (χ3v) is 3.82. The molecule has 0 aliphatic carbocycles. The summed E-state index contributed by atoms with van der Waals surface area (Å²) in [6.45, 7) is 1.32. The molecule has 1 saturated heterocycles. The zero-order valence-corrected chi connectivity index (χ0v) is 13.2. The van der Waals surface area contributed by atoms with Crippen molar-refractivity contribution < 1.29 is 14.3 Å². The summed E-state index contributed by atoms with van der Waals surface area (Å²) in [6.07, 6.45) is 0. The topological polar surface area (TPSA) is 112 Å². The molecule has 1 unspecified atom stereocenters. The minimum Gasteiger partial charge on any atom is -0.468 e. The van der Waals surface area contributed by atoms with Crippen molar-refractivity contribution in [2.24, 2.45) is 5.73 Å². The minimum absolute atomic E-state index is 0.0131. The molecule has 23 heavy (non-hydrogen) atoms. The summed E-state index contributed by atoms with van der Waals surface area (Å²) in [7, 11) is 2.97. The molecule has 0 spiro atoms. The number of nitrogens with two attached hydrogens (primary N) is 1. The number of nitrogens with one attached hydrogen (secondary N) is 2. The van der Waals surface area contributed by atoms with Crippen LogP contribution in [0.4, 0.5) is 10.5 Å². The Morgan fingerprint density at radius 1 is 1.39 bits per heavy atom. The second-order valence-corrected chi connectivity index (χ2v) is 5.21. The fourth-order valence-corrected chi connectivity index (χ4v) is 2.46. The number of carbonyl (C=O) groups is 2. The summed E-state index contributed by atoms with van der Waals surface area (Å²) in [5, 5.41) is 10.2. The Labute approximate surface area is 134 Å². The first-order chi connectivity index (χ1) is 11.0. The Kier molecular flexibility index (Phi) is 5.17. The van der Waals surface area contributed by atoms with E-state index in [1.54, 1.807) is 41.1 Å². The monoisotopic (exact) mass is 319 g/mol. The molecule has 1 aromatic carbocycles. The van der Waals surface area contributed by atoms with Gasteiger partial charge in [-0.25, -0.2) is 4.79 Å². The number of hydrogen-bond donors (Lipinski definition) is 3. The van der Waals surface area contributed by atoms with Crippen LogP contribution in [0.5, 0.6) is 0 Å². The van der Waals surface area contributed by atoms with E-state index in [1.165, 1.54) is 7.11 Å². The average Bonchev–Trinajstić information content (AvgIpc) is 2.92. The standard InChI is InChI=1S/C15H21N5O3/c1-18-12(14(21)23-2)9-19-7-8-20(15(19)22)11-5-3-10(4-6-11)13(16)17/h3-6,12,18H,7-9H2,1-2H3,(H3,16,17). The molecule has 2 rings (SSSR count). The molecule has 1 aliphatic rings. The fraction of sp³-hybridized carbons (Fsp3) is 0.400. The Balaban J connectivity index is 2.06. The highest BCUT2D eigenvalue weighted by Gasteiger charge is 2.32. The molecular weight excluding hydrogens is 298 g/mol. The highest BCUT2D eigenvalue weighted by molar-refractivity contribution is 5.97. The molecule has 0 aromatic heterocycles. The molecule has 8 nitrogen and oxygen atoms in total. The van der Waals surface area contributed by atoms with Gasteiger partial charge in [-0.3, -0.25) is 15.1 Å². The van der Waals surface area contributed by atoms with Gasteiger partial charge in [-0.05, 0) is 31.3 Å². The van der Waals surface area contributed by atoms with E-state index in [0.717, 1.165) is 5.69 Å². The maximum Gasteiger partial charge on any atom is 0.324 e. The third-order valence-electron chi connectivity index (χ3n) is 3.82. The Bertz CT molecular complexity index is 602. The number of amides is 2. The van der Waals surface area contributed by atoms with Gasteiger partial charge in [0, 0.05) is 30.9 Å². The first kappa shape index (κ1) is 16.8. The van der Waals surface area contributed by atoms with Crippen LogP contribution < -0.4 is 16.0 Å². The molecule has 1 heterocycles. The number of amidine groups is 1. The lowest BCUT2D eigenvalue weighted by molar-refractivity contribution is -0.143. The maximum absolute atomic E-state index is 12.5. The number of rotatable bonds is 6. The summed E-state index contributed by atoms with van der Waals surface area (Å²) < 4.78 is 4.71. The van der Waals surface area contributed by atoms with Crippen LogP contribution in [0.25, 0.3) is 0 Å². The van der Waals surface area contributed by atoms with Gasteiger partial charge in [0.15, 0.2) is 0 Å². The Hall–Kier alpha value is -2.61. The van der Waals surface area contributed by atoms with E-state index in [9.17, 15) is 9.59 Å². The van der Waals surface area contributed by atoms with E-state index in [4.69, 9.17) is 15.9 Å². The highest BCUT2D eigenvalue weighted by Crippen LogP contribution is 2.21. The van der Waals surface area contributed by atoms with Gasteiger partial charge < -0.3 is 20.7 Å². The summed E-state index contributed by atoms with van der Waals surface area (Å²) in [6, 6.07) is 6.22. The third kappa shape index (κ3) is 3.59. The predicted molar refractivity (Wildman–Crippen MR) is 86.6 cm³/mol. The molecule has 1 fully saturated rings. The normalized spacial score (nSPS) is 15.7. The van der Waals surface area contributed by atoms with Crippen molar-refractivity contribution in [3.05, 3.63) is 29.8 Å². The summed E-state index contributed by atoms with van der Waals surface area (Å²) in [5.41, 5.74) is 6.77. The predicted octanol–water partition coefficient (Wildman–Crippen LogP) is -0.0263. The molecule has 1 aliphatic heterocycles. The van der Waals surface area contributed by atoms with Crippen molar-refractivity contribution >= 4 is 23.5 Å². The van der Waals surface area contributed by atoms with Crippen molar-refractivity contribution in [3.8, 4) is 0 Å². The molecule has 2 amide bonds. The second kappa shape index (κ2) is 7.10. The van der Waals surface area contributed by atoms with Crippen LogP contribution in [0.2, 0.25) is 0 Å². The van der Waals surface area contributed by atoms with Crippen molar-refractivity contribution in [3.63, 3.8) is 0 Å². The number of benzene rings is 1. The molecule has 4 N–H and O–H groups in total. The number of ether oxygens (including phenoxy) is 1. The van der Waals surface area contributed by atoms with Crippen LogP contribution in [-0.2, 0) is 9.53 Å². The number of hydrogen-bond acceptors (Lipinski definition) is 5. The molecule has 0 radical (unpaired) electrons. The minimum atomic E-state index is -0.552. The number of nitrogen functional groups attached to an aromatic ring is 1. The highest BCUT2D eigenvalue weighted by atomic mass is 16.5. The van der Waals surface area contributed by atoms with Gasteiger partial charge in [0.2, 0.25) is 0 Å². The quantitative estimate of drug-likeness (QED) is 0.387. The van der Waals surface area contributed by atoms with Gasteiger partial charge in [0.05, 0.1) is 7.11 Å². The van der Waals surface area contributed by atoms with Gasteiger partial charge in [0.1, 0.15) is 11.9 Å². The zero-order valence-electron chi connectivity index (χ0n) is 13.2. The lowest BCUT2D eigenvalue weighted by Crippen LogP contribution is -2.46. The number of anilines is 1. The number of likely N-dealkylation sites (N-methyl/N-ethyl adjacent to an activating group) is 1. The van der Waals surface area contributed by atoms with Crippen LogP contribution >= 0.6 is 0 Å². The van der Waals surface area contributed by atoms with Gasteiger partial charge >= 0.3 is 12.0 Å². The number of carbonyl (C=O) groups excluding carboxylic acids is 2. The van der Waals surface area contributed by atoms with Crippen molar-refractivity contribution in [1.82, 2.24) is 10.2 Å². The summed E-state index contributed by atoms with van der Waals surface area (Å²) in [4.78, 5) is 27.4. The largest absolute Gasteiger partial charge is 0.468 e. The number of methoxy groups -OCH3 is 1. The van der Waals surface area contributed by atoms with E-state index in [-0.39, 0.29) is 18.4 Å². The van der Waals surface area contributed by atoms with Gasteiger partial charge in [-0.1, -0.05) is 0 Å². The number of urea groups is 1. The fourth-order valence-electron chi connectivity index (χ4n) is 2.46. The van der Waals surface area contributed by atoms with Crippen LogP contribution in [0.3, 0.4) is 0 Å². The number of esters is 1. The average molecular weight is 319 g/mol. The van der Waals surface area contributed by atoms with E-state index in [0.29, 0.717) is 18.7 Å². The molecule has 1 atom stereocenters. The summed E-state index contributed by atoms with van der Waals surface area (Å²) >= 11 is 0. The number of nitrogens with zero attached hydrogens (tertiary/aromatic N) is 2. The summed E-state index contributed by atoms with van der Waals surface area (Å²) in [5.74, 6) is -0.412. The van der Waals surface area contributed by atoms with E-state index < -0.39 is 12.0 Å². The molecule has 124 valence electrons. The lowest BCUT2D eigenvalue weighted by Gasteiger charge is -2.22. The molecule has 0 bridgehead atoms. The zero-order chi connectivity index (χ0) is 17.0. The van der Waals surface area contributed by atoms with E-state index >= 15 is 0 Å². The van der Waals surface area contributed by atoms with Crippen molar-refractivity contribution in [1.29, 1.82) is 5.41 Å². The Morgan fingerprint density at radius 2 is 2.04 bits per heavy atom. The SMILES string of the molecule is CNC(CN1CCN(c2ccc(C(=N)N)cc2)C1=O)C(=O)OC. The molecule has 1 aromatic rings. The molecule has 8 heteroatoms. The first-order valence-corrected chi connectivity index (χ1v) is 7.24. The van der Waals surface area contributed by atoms with Gasteiger partial charge in [-0.15, -0.1) is 0 Å².